The van der Waals surface area contributed by atoms with Crippen LogP contribution >= 0.6 is 0 Å². The minimum atomic E-state index is -0.417. The summed E-state index contributed by atoms with van der Waals surface area (Å²) < 4.78 is 5.49. The lowest BCUT2D eigenvalue weighted by molar-refractivity contribution is -0.384. The van der Waals surface area contributed by atoms with Crippen LogP contribution in [-0.4, -0.2) is 25.1 Å². The van der Waals surface area contributed by atoms with Gasteiger partial charge in [0.05, 0.1) is 17.6 Å². The Hall–Kier alpha value is -1.62. The summed E-state index contributed by atoms with van der Waals surface area (Å²) in [6.07, 6.45) is 0.874. The van der Waals surface area contributed by atoms with Crippen molar-refractivity contribution in [3.63, 3.8) is 0 Å². The van der Waals surface area contributed by atoms with Crippen LogP contribution in [0, 0.1) is 17.0 Å². The Morgan fingerprint density at radius 3 is 2.88 bits per heavy atom. The maximum absolute atomic E-state index is 10.6. The lowest BCUT2D eigenvalue weighted by Crippen LogP contribution is -2.11. The van der Waals surface area contributed by atoms with Crippen molar-refractivity contribution in [2.45, 2.75) is 13.3 Å². The Bertz CT molecular complexity index is 366. The van der Waals surface area contributed by atoms with Crippen LogP contribution in [-0.2, 0) is 0 Å². The van der Waals surface area contributed by atoms with E-state index in [1.165, 1.54) is 12.1 Å². The van der Waals surface area contributed by atoms with E-state index in [1.807, 2.05) is 14.0 Å². The molecule has 0 saturated carbocycles. The van der Waals surface area contributed by atoms with Gasteiger partial charge in [-0.2, -0.15) is 0 Å². The van der Waals surface area contributed by atoms with Crippen LogP contribution in [0.4, 0.5) is 5.69 Å². The molecule has 0 saturated heterocycles. The van der Waals surface area contributed by atoms with E-state index >= 15 is 0 Å². The minimum absolute atomic E-state index is 0.0641. The van der Waals surface area contributed by atoms with Gasteiger partial charge in [-0.05, 0) is 38.6 Å². The lowest BCUT2D eigenvalue weighted by atomic mass is 10.2. The van der Waals surface area contributed by atoms with E-state index in [4.69, 9.17) is 4.74 Å². The van der Waals surface area contributed by atoms with Crippen molar-refractivity contribution in [2.24, 2.45) is 0 Å². The second-order valence-electron chi connectivity index (χ2n) is 3.51. The number of hydrogen-bond acceptors (Lipinski definition) is 4. The van der Waals surface area contributed by atoms with Gasteiger partial charge in [0.15, 0.2) is 0 Å². The number of non-ortho nitro benzene ring substituents is 1. The molecule has 0 radical (unpaired) electrons. The van der Waals surface area contributed by atoms with Crippen LogP contribution < -0.4 is 10.1 Å². The molecule has 1 rings (SSSR count). The first-order valence-electron chi connectivity index (χ1n) is 5.17. The highest BCUT2D eigenvalue weighted by Gasteiger charge is 2.09. The average Bonchev–Trinajstić information content (AvgIpc) is 2.26. The quantitative estimate of drug-likeness (QED) is 0.455. The van der Waals surface area contributed by atoms with Gasteiger partial charge >= 0.3 is 0 Å². The van der Waals surface area contributed by atoms with Crippen LogP contribution in [0.25, 0.3) is 0 Å². The Labute approximate surface area is 94.6 Å². The maximum atomic E-state index is 10.6. The number of benzene rings is 1. The van der Waals surface area contributed by atoms with Crippen molar-refractivity contribution in [1.29, 1.82) is 0 Å². The summed E-state index contributed by atoms with van der Waals surface area (Å²) in [5, 5.41) is 13.6. The fourth-order valence-electron chi connectivity index (χ4n) is 1.29. The smallest absolute Gasteiger partial charge is 0.273 e. The number of nitrogens with zero attached hydrogens (tertiary/aromatic N) is 1. The van der Waals surface area contributed by atoms with Gasteiger partial charge in [-0.25, -0.2) is 0 Å². The number of ether oxygens (including phenoxy) is 1. The van der Waals surface area contributed by atoms with Gasteiger partial charge in [-0.3, -0.25) is 10.1 Å². The Morgan fingerprint density at radius 1 is 1.50 bits per heavy atom. The first-order chi connectivity index (χ1) is 7.65. The lowest BCUT2D eigenvalue weighted by Gasteiger charge is -2.08. The van der Waals surface area contributed by atoms with E-state index < -0.39 is 4.92 Å². The number of aryl methyl sites for hydroxylation is 1. The van der Waals surface area contributed by atoms with Gasteiger partial charge in [-0.1, -0.05) is 0 Å². The highest BCUT2D eigenvalue weighted by molar-refractivity contribution is 5.43. The summed E-state index contributed by atoms with van der Waals surface area (Å²) >= 11 is 0. The average molecular weight is 224 g/mol. The second kappa shape index (κ2) is 6.07. The van der Waals surface area contributed by atoms with Gasteiger partial charge in [0.1, 0.15) is 5.75 Å². The normalized spacial score (nSPS) is 10.1. The number of nitro benzene ring substituents is 1. The highest BCUT2D eigenvalue weighted by Crippen LogP contribution is 2.23. The monoisotopic (exact) mass is 224 g/mol. The van der Waals surface area contributed by atoms with E-state index in [2.05, 4.69) is 5.32 Å². The van der Waals surface area contributed by atoms with Crippen molar-refractivity contribution in [3.05, 3.63) is 33.9 Å². The Morgan fingerprint density at radius 2 is 2.25 bits per heavy atom. The summed E-state index contributed by atoms with van der Waals surface area (Å²) in [7, 11) is 1.87. The van der Waals surface area contributed by atoms with E-state index in [-0.39, 0.29) is 5.69 Å². The van der Waals surface area contributed by atoms with Gasteiger partial charge in [0.25, 0.3) is 5.69 Å². The minimum Gasteiger partial charge on any atom is -0.493 e. The number of nitro groups is 1. The Kier molecular flexibility index (Phi) is 4.72. The predicted octanol–water partition coefficient (Wildman–Crippen LogP) is 1.89. The third-order valence-electron chi connectivity index (χ3n) is 2.21. The summed E-state index contributed by atoms with van der Waals surface area (Å²) in [4.78, 5) is 10.2. The first kappa shape index (κ1) is 12.4. The molecule has 0 aliphatic carbocycles. The third-order valence-corrected chi connectivity index (χ3v) is 2.21. The predicted molar refractivity (Wildman–Crippen MR) is 61.9 cm³/mol. The zero-order valence-corrected chi connectivity index (χ0v) is 9.53. The van der Waals surface area contributed by atoms with Crippen molar-refractivity contribution >= 4 is 5.69 Å². The van der Waals surface area contributed by atoms with Gasteiger partial charge < -0.3 is 10.1 Å². The van der Waals surface area contributed by atoms with Crippen LogP contribution in [0.15, 0.2) is 18.2 Å². The summed E-state index contributed by atoms with van der Waals surface area (Å²) in [5.41, 5.74) is 0.976. The van der Waals surface area contributed by atoms with Crippen molar-refractivity contribution in [1.82, 2.24) is 5.32 Å². The number of nitrogens with one attached hydrogen (secondary N) is 1. The summed E-state index contributed by atoms with van der Waals surface area (Å²) in [6, 6.07) is 4.65. The largest absolute Gasteiger partial charge is 0.493 e. The molecule has 0 amide bonds. The summed E-state index contributed by atoms with van der Waals surface area (Å²) in [5.74, 6) is 0.588. The zero-order valence-electron chi connectivity index (χ0n) is 9.53. The van der Waals surface area contributed by atoms with Gasteiger partial charge in [0.2, 0.25) is 0 Å². The van der Waals surface area contributed by atoms with Gasteiger partial charge in [-0.15, -0.1) is 0 Å². The zero-order chi connectivity index (χ0) is 12.0. The molecule has 0 aliphatic heterocycles. The molecule has 0 aromatic heterocycles. The molecule has 0 aliphatic rings. The maximum Gasteiger partial charge on any atom is 0.273 e. The first-order valence-corrected chi connectivity index (χ1v) is 5.17. The van der Waals surface area contributed by atoms with Crippen molar-refractivity contribution in [3.8, 4) is 5.75 Å². The van der Waals surface area contributed by atoms with Crippen LogP contribution in [0.3, 0.4) is 0 Å². The molecule has 88 valence electrons. The molecular formula is C11H16N2O3. The van der Waals surface area contributed by atoms with E-state index in [9.17, 15) is 10.1 Å². The van der Waals surface area contributed by atoms with Gasteiger partial charge in [0, 0.05) is 6.07 Å². The molecule has 0 fully saturated rings. The Balaban J connectivity index is 2.63. The standard InChI is InChI=1S/C11H16N2O3/c1-9-4-5-10(13(14)15)8-11(9)16-7-3-6-12-2/h4-5,8,12H,3,6-7H2,1-2H3. The summed E-state index contributed by atoms with van der Waals surface area (Å²) in [6.45, 7) is 3.30. The number of hydrogen-bond donors (Lipinski definition) is 1. The molecule has 16 heavy (non-hydrogen) atoms. The molecule has 0 bridgehead atoms. The fourth-order valence-corrected chi connectivity index (χ4v) is 1.29. The molecule has 0 heterocycles. The van der Waals surface area contributed by atoms with Crippen molar-refractivity contribution < 1.29 is 9.66 Å². The molecule has 0 unspecified atom stereocenters. The molecule has 1 aromatic carbocycles. The van der Waals surface area contributed by atoms with E-state index in [1.54, 1.807) is 6.07 Å². The highest BCUT2D eigenvalue weighted by atomic mass is 16.6. The number of rotatable bonds is 6. The van der Waals surface area contributed by atoms with E-state index in [0.29, 0.717) is 12.4 Å². The van der Waals surface area contributed by atoms with E-state index in [0.717, 1.165) is 18.5 Å². The van der Waals surface area contributed by atoms with Crippen LogP contribution in [0.5, 0.6) is 5.75 Å². The third kappa shape index (κ3) is 3.51. The molecule has 1 aromatic rings. The van der Waals surface area contributed by atoms with Crippen LogP contribution in [0.1, 0.15) is 12.0 Å². The van der Waals surface area contributed by atoms with Crippen LogP contribution in [0.2, 0.25) is 0 Å². The molecule has 5 nitrogen and oxygen atoms in total. The SMILES string of the molecule is CNCCCOc1cc([N+](=O)[O-])ccc1C. The molecular weight excluding hydrogens is 208 g/mol. The molecule has 1 N–H and O–H groups in total. The molecule has 0 spiro atoms. The topological polar surface area (TPSA) is 64.4 Å². The molecule has 5 heteroatoms. The molecule has 0 atom stereocenters. The van der Waals surface area contributed by atoms with Crippen molar-refractivity contribution in [2.75, 3.05) is 20.2 Å². The fraction of sp³-hybridized carbons (Fsp3) is 0.455. The second-order valence-corrected chi connectivity index (χ2v) is 3.51.